The Kier molecular flexibility index (Phi) is 48.2. The van der Waals surface area contributed by atoms with Gasteiger partial charge in [0, 0.05) is 6.42 Å². The van der Waals surface area contributed by atoms with Crippen molar-refractivity contribution in [2.75, 3.05) is 26.4 Å². The first-order valence-electron chi connectivity index (χ1n) is 26.4. The summed E-state index contributed by atoms with van der Waals surface area (Å²) in [7, 11) is -4.80. The van der Waals surface area contributed by atoms with Gasteiger partial charge in [-0.2, -0.15) is 0 Å². The second-order valence-electron chi connectivity index (χ2n) is 17.0. The fourth-order valence-electron chi connectivity index (χ4n) is 6.51. The van der Waals surface area contributed by atoms with E-state index in [9.17, 15) is 28.9 Å². The van der Waals surface area contributed by atoms with E-state index in [-0.39, 0.29) is 25.9 Å². The van der Waals surface area contributed by atoms with Crippen molar-refractivity contribution in [3.63, 3.8) is 0 Å². The van der Waals surface area contributed by atoms with Crippen LogP contribution < -0.4 is 0 Å². The highest BCUT2D eigenvalue weighted by Crippen LogP contribution is 2.43. The molecule has 2 N–H and O–H groups in total. The monoisotopic (exact) mass is 997 g/mol. The molecule has 0 aromatic heterocycles. The van der Waals surface area contributed by atoms with Crippen LogP contribution in [0.3, 0.4) is 0 Å². The zero-order chi connectivity index (χ0) is 51.3. The minimum absolute atomic E-state index is 0.0674. The number of allylic oxidation sites excluding steroid dienone is 18. The first-order chi connectivity index (χ1) is 34.2. The van der Waals surface area contributed by atoms with Crippen LogP contribution in [-0.2, 0) is 42.2 Å². The van der Waals surface area contributed by atoms with Crippen molar-refractivity contribution in [3.8, 4) is 0 Å². The van der Waals surface area contributed by atoms with Gasteiger partial charge in [0.05, 0.1) is 32.7 Å². The van der Waals surface area contributed by atoms with Gasteiger partial charge in [0.25, 0.3) is 0 Å². The molecule has 0 aromatic rings. The van der Waals surface area contributed by atoms with Gasteiger partial charge in [-0.05, 0) is 70.6 Å². The Labute approximate surface area is 424 Å². The van der Waals surface area contributed by atoms with Crippen molar-refractivity contribution in [1.29, 1.82) is 0 Å². The Bertz CT molecular complexity index is 1630. The van der Waals surface area contributed by atoms with Gasteiger partial charge in [0.15, 0.2) is 6.10 Å². The SMILES string of the molecule is CC/C=C\C/C=C\C/C=C\C/C=C\C/C=C\CC(=O)OC(CO)COP(=O)(O)OCC(COC(=O)CCCCCCCCCCCCCCC)OC(=O)C/C=C\C/C=C\C/C=C\C/C=C\C/C=C\CC. The average molecular weight is 997 g/mol. The molecule has 0 aliphatic rings. The molecule has 3 atom stereocenters. The largest absolute Gasteiger partial charge is 0.472 e. The molecule has 0 bridgehead atoms. The van der Waals surface area contributed by atoms with Crippen LogP contribution in [0.15, 0.2) is 122 Å². The molecule has 0 aliphatic heterocycles. The van der Waals surface area contributed by atoms with Crippen molar-refractivity contribution in [3.05, 3.63) is 122 Å². The zero-order valence-electron chi connectivity index (χ0n) is 43.4. The summed E-state index contributed by atoms with van der Waals surface area (Å²) in [5.74, 6) is -1.77. The molecule has 70 heavy (non-hydrogen) atoms. The molecule has 0 saturated carbocycles. The first-order valence-corrected chi connectivity index (χ1v) is 27.9. The van der Waals surface area contributed by atoms with E-state index in [1.807, 2.05) is 36.5 Å². The Hall–Kier alpha value is -4.12. The molecular weight excluding hydrogens is 904 g/mol. The highest BCUT2D eigenvalue weighted by atomic mass is 31.2. The van der Waals surface area contributed by atoms with Crippen molar-refractivity contribution in [2.24, 2.45) is 0 Å². The van der Waals surface area contributed by atoms with Crippen LogP contribution in [0.4, 0.5) is 0 Å². The zero-order valence-corrected chi connectivity index (χ0v) is 44.3. The molecule has 0 aliphatic carbocycles. The van der Waals surface area contributed by atoms with Crippen LogP contribution in [0.25, 0.3) is 0 Å². The van der Waals surface area contributed by atoms with Crippen molar-refractivity contribution in [2.45, 2.75) is 200 Å². The molecule has 0 saturated heterocycles. The lowest BCUT2D eigenvalue weighted by Gasteiger charge is -2.21. The predicted octanol–water partition coefficient (Wildman–Crippen LogP) is 15.2. The Morgan fingerprint density at radius 1 is 0.414 bits per heavy atom. The fourth-order valence-corrected chi connectivity index (χ4v) is 7.29. The predicted molar refractivity (Wildman–Crippen MR) is 288 cm³/mol. The summed E-state index contributed by atoms with van der Waals surface area (Å²) in [6.45, 7) is 4.16. The summed E-state index contributed by atoms with van der Waals surface area (Å²) in [6, 6.07) is 0. The number of unbranched alkanes of at least 4 members (excludes halogenated alkanes) is 12. The van der Waals surface area contributed by atoms with E-state index in [2.05, 4.69) is 93.7 Å². The molecule has 0 spiro atoms. The Balaban J connectivity index is 4.94. The normalized spacial score (nSPS) is 14.4. The number of esters is 3. The van der Waals surface area contributed by atoms with Gasteiger partial charge in [-0.15, -0.1) is 0 Å². The highest BCUT2D eigenvalue weighted by Gasteiger charge is 2.28. The number of hydrogen-bond donors (Lipinski definition) is 2. The van der Waals surface area contributed by atoms with Gasteiger partial charge in [0.2, 0.25) is 0 Å². The van der Waals surface area contributed by atoms with E-state index in [1.165, 1.54) is 57.8 Å². The van der Waals surface area contributed by atoms with E-state index in [4.69, 9.17) is 23.3 Å². The van der Waals surface area contributed by atoms with E-state index < -0.39 is 57.8 Å². The summed E-state index contributed by atoms with van der Waals surface area (Å²) in [6.07, 6.45) is 62.3. The molecule has 0 amide bonds. The number of rotatable bonds is 47. The van der Waals surface area contributed by atoms with Gasteiger partial charge in [0.1, 0.15) is 12.7 Å². The van der Waals surface area contributed by atoms with E-state index >= 15 is 0 Å². The number of aliphatic hydroxyl groups excluding tert-OH is 1. The number of phosphoric ester groups is 1. The molecule has 0 rings (SSSR count). The molecule has 3 unspecified atom stereocenters. The maximum absolute atomic E-state index is 12.8. The number of ether oxygens (including phenoxy) is 3. The molecule has 0 radical (unpaired) electrons. The minimum atomic E-state index is -4.80. The second kappa shape index (κ2) is 51.2. The summed E-state index contributed by atoms with van der Waals surface area (Å²) in [5.41, 5.74) is 0. The third-order valence-electron chi connectivity index (χ3n) is 10.4. The van der Waals surface area contributed by atoms with E-state index in [0.717, 1.165) is 70.6 Å². The standard InChI is InChI=1S/C58H93O11P/c1-4-7-10-13-16-19-22-25-27-30-33-36-39-42-45-48-57(61)68-54(50-59)52-66-70(63,64)67-53-55(51-65-56(60)47-44-41-38-35-32-29-24-21-18-15-12-9-6-3)69-58(62)49-46-43-40-37-34-31-28-26-23-20-17-14-11-8-5-2/h7-8,10-11,16-17,19-20,25-28,33-34,36-37,42-43,45-46,54-55,59H,4-6,9,12-15,18,21-24,29-32,35,38-41,44,47-53H2,1-3H3,(H,63,64)/b10-7-,11-8-,19-16-,20-17-,27-25-,28-26-,36-33-,37-34-,45-42-,46-43-. The van der Waals surface area contributed by atoms with Crippen LogP contribution >= 0.6 is 7.82 Å². The lowest BCUT2D eigenvalue weighted by atomic mass is 10.0. The minimum Gasteiger partial charge on any atom is -0.462 e. The van der Waals surface area contributed by atoms with E-state index in [0.29, 0.717) is 19.3 Å². The maximum atomic E-state index is 12.8. The van der Waals surface area contributed by atoms with Gasteiger partial charge in [-0.3, -0.25) is 23.4 Å². The third-order valence-corrected chi connectivity index (χ3v) is 11.4. The van der Waals surface area contributed by atoms with Crippen LogP contribution in [0.5, 0.6) is 0 Å². The van der Waals surface area contributed by atoms with Crippen molar-refractivity contribution in [1.82, 2.24) is 0 Å². The van der Waals surface area contributed by atoms with Crippen molar-refractivity contribution < 1.29 is 52.2 Å². The highest BCUT2D eigenvalue weighted by molar-refractivity contribution is 7.47. The third kappa shape index (κ3) is 48.9. The van der Waals surface area contributed by atoms with Crippen LogP contribution in [-0.4, -0.2) is 66.5 Å². The smallest absolute Gasteiger partial charge is 0.462 e. The molecule has 0 fully saturated rings. The van der Waals surface area contributed by atoms with Crippen molar-refractivity contribution >= 4 is 25.7 Å². The summed E-state index contributed by atoms with van der Waals surface area (Å²) in [4.78, 5) is 48.2. The number of carbonyl (C=O) groups excluding carboxylic acids is 3. The lowest BCUT2D eigenvalue weighted by Crippen LogP contribution is -2.30. The van der Waals surface area contributed by atoms with Crippen LogP contribution in [0, 0.1) is 0 Å². The lowest BCUT2D eigenvalue weighted by molar-refractivity contribution is -0.160. The molecule has 396 valence electrons. The Morgan fingerprint density at radius 2 is 0.729 bits per heavy atom. The molecular formula is C58H93O11P. The van der Waals surface area contributed by atoms with Gasteiger partial charge >= 0.3 is 25.7 Å². The summed E-state index contributed by atoms with van der Waals surface area (Å²) in [5, 5.41) is 9.76. The molecule has 11 nitrogen and oxygen atoms in total. The number of carbonyl (C=O) groups is 3. The number of hydrogen-bond acceptors (Lipinski definition) is 10. The van der Waals surface area contributed by atoms with Crippen LogP contribution in [0.2, 0.25) is 0 Å². The van der Waals surface area contributed by atoms with Gasteiger partial charge < -0.3 is 24.2 Å². The molecule has 12 heteroatoms. The quantitative estimate of drug-likeness (QED) is 0.0197. The fraction of sp³-hybridized carbons (Fsp3) is 0.603. The van der Waals surface area contributed by atoms with Crippen LogP contribution in [0.1, 0.15) is 188 Å². The number of phosphoric acid groups is 1. The van der Waals surface area contributed by atoms with Gasteiger partial charge in [-0.25, -0.2) is 4.57 Å². The first kappa shape index (κ1) is 65.9. The van der Waals surface area contributed by atoms with Gasteiger partial charge in [-0.1, -0.05) is 219 Å². The summed E-state index contributed by atoms with van der Waals surface area (Å²) < 4.78 is 39.1. The Morgan fingerprint density at radius 3 is 1.09 bits per heavy atom. The van der Waals surface area contributed by atoms with E-state index in [1.54, 1.807) is 12.2 Å². The second-order valence-corrected chi connectivity index (χ2v) is 18.4. The molecule has 0 heterocycles. The average Bonchev–Trinajstić information content (AvgIpc) is 3.35. The maximum Gasteiger partial charge on any atom is 0.472 e. The number of aliphatic hydroxyl groups is 1. The molecule has 0 aromatic carbocycles. The summed E-state index contributed by atoms with van der Waals surface area (Å²) >= 11 is 0. The topological polar surface area (TPSA) is 155 Å².